The number of benzene rings is 2. The fourth-order valence-electron chi connectivity index (χ4n) is 2.95. The summed E-state index contributed by atoms with van der Waals surface area (Å²) >= 11 is 0. The maximum absolute atomic E-state index is 12.7. The van der Waals surface area contributed by atoms with E-state index in [1.54, 1.807) is 24.3 Å². The van der Waals surface area contributed by atoms with Crippen LogP contribution in [0.1, 0.15) is 26.3 Å². The van der Waals surface area contributed by atoms with E-state index in [9.17, 15) is 14.4 Å². The van der Waals surface area contributed by atoms with Crippen LogP contribution in [-0.2, 0) is 20.7 Å². The Labute approximate surface area is 161 Å². The van der Waals surface area contributed by atoms with Crippen molar-refractivity contribution in [1.82, 2.24) is 0 Å². The second-order valence-corrected chi connectivity index (χ2v) is 5.99. The molecule has 1 N–H and O–H groups in total. The van der Waals surface area contributed by atoms with Crippen molar-refractivity contribution in [2.75, 3.05) is 26.6 Å². The highest BCUT2D eigenvalue weighted by molar-refractivity contribution is 6.05. The number of esters is 2. The van der Waals surface area contributed by atoms with Gasteiger partial charge in [0.15, 0.2) is 17.6 Å². The monoisotopic (exact) mass is 385 g/mol. The van der Waals surface area contributed by atoms with E-state index in [0.717, 1.165) is 5.56 Å². The molecule has 3 rings (SSSR count). The van der Waals surface area contributed by atoms with Crippen molar-refractivity contribution < 1.29 is 33.3 Å². The Hall–Kier alpha value is -3.55. The number of rotatable bonds is 5. The first kappa shape index (κ1) is 19.2. The molecule has 1 aliphatic heterocycles. The molecule has 8 nitrogen and oxygen atoms in total. The van der Waals surface area contributed by atoms with Gasteiger partial charge in [-0.3, -0.25) is 4.79 Å². The molecule has 1 atom stereocenters. The van der Waals surface area contributed by atoms with Gasteiger partial charge in [0.2, 0.25) is 0 Å². The SMILES string of the molecule is COC(=O)c1cc(OC)c(OC)cc1NC(=O)[C@@H]1Cc2ccccc2C(=O)O1. The van der Waals surface area contributed by atoms with Crippen LogP contribution in [0.2, 0.25) is 0 Å². The van der Waals surface area contributed by atoms with Gasteiger partial charge in [0, 0.05) is 18.6 Å². The van der Waals surface area contributed by atoms with E-state index in [4.69, 9.17) is 18.9 Å². The van der Waals surface area contributed by atoms with E-state index >= 15 is 0 Å². The van der Waals surface area contributed by atoms with Crippen molar-refractivity contribution in [3.05, 3.63) is 53.1 Å². The van der Waals surface area contributed by atoms with E-state index in [2.05, 4.69) is 5.32 Å². The molecular weight excluding hydrogens is 366 g/mol. The number of ether oxygens (including phenoxy) is 4. The minimum atomic E-state index is -1.03. The van der Waals surface area contributed by atoms with Gasteiger partial charge in [0.1, 0.15) is 0 Å². The zero-order chi connectivity index (χ0) is 20.3. The van der Waals surface area contributed by atoms with Crippen LogP contribution in [0.3, 0.4) is 0 Å². The molecule has 0 aliphatic carbocycles. The molecule has 1 aliphatic rings. The summed E-state index contributed by atoms with van der Waals surface area (Å²) in [4.78, 5) is 37.0. The molecule has 0 radical (unpaired) electrons. The summed E-state index contributed by atoms with van der Waals surface area (Å²) in [5, 5.41) is 2.62. The van der Waals surface area contributed by atoms with Crippen LogP contribution in [0.25, 0.3) is 0 Å². The molecular formula is C20H19NO7. The molecule has 0 saturated heterocycles. The largest absolute Gasteiger partial charge is 0.493 e. The number of carbonyl (C=O) groups is 3. The first-order valence-electron chi connectivity index (χ1n) is 8.42. The minimum absolute atomic E-state index is 0.0797. The molecule has 0 saturated carbocycles. The van der Waals surface area contributed by atoms with E-state index in [1.807, 2.05) is 0 Å². The minimum Gasteiger partial charge on any atom is -0.493 e. The molecule has 0 spiro atoms. The van der Waals surface area contributed by atoms with Gasteiger partial charge >= 0.3 is 11.9 Å². The fraction of sp³-hybridized carbons (Fsp3) is 0.250. The third kappa shape index (κ3) is 3.62. The van der Waals surface area contributed by atoms with Gasteiger partial charge in [-0.1, -0.05) is 18.2 Å². The number of anilines is 1. The summed E-state index contributed by atoms with van der Waals surface area (Å²) < 4.78 is 20.4. The molecule has 8 heteroatoms. The lowest BCUT2D eigenvalue weighted by molar-refractivity contribution is -0.125. The summed E-state index contributed by atoms with van der Waals surface area (Å²) in [6, 6.07) is 9.79. The lowest BCUT2D eigenvalue weighted by Crippen LogP contribution is -2.38. The van der Waals surface area contributed by atoms with Crippen molar-refractivity contribution >= 4 is 23.5 Å². The number of carbonyl (C=O) groups excluding carboxylic acids is 3. The number of amides is 1. The van der Waals surface area contributed by atoms with Gasteiger partial charge in [0.25, 0.3) is 5.91 Å². The van der Waals surface area contributed by atoms with Crippen molar-refractivity contribution in [2.24, 2.45) is 0 Å². The Balaban J connectivity index is 1.89. The summed E-state index contributed by atoms with van der Waals surface area (Å²) in [6.45, 7) is 0. The Morgan fingerprint density at radius 2 is 1.75 bits per heavy atom. The van der Waals surface area contributed by atoms with E-state index < -0.39 is 23.9 Å². The zero-order valence-corrected chi connectivity index (χ0v) is 15.6. The van der Waals surface area contributed by atoms with Crippen molar-refractivity contribution in [1.29, 1.82) is 0 Å². The van der Waals surface area contributed by atoms with E-state index in [0.29, 0.717) is 17.1 Å². The maximum atomic E-state index is 12.7. The lowest BCUT2D eigenvalue weighted by Gasteiger charge is -2.24. The van der Waals surface area contributed by atoms with Crippen LogP contribution in [0.5, 0.6) is 11.5 Å². The smallest absolute Gasteiger partial charge is 0.340 e. The normalized spacial score (nSPS) is 15.1. The van der Waals surface area contributed by atoms with Gasteiger partial charge in [-0.15, -0.1) is 0 Å². The standard InChI is InChI=1S/C20H19NO7/c1-25-15-9-13(19(23)27-3)14(10-16(15)26-2)21-18(22)17-8-11-6-4-5-7-12(11)20(24)28-17/h4-7,9-10,17H,8H2,1-3H3,(H,21,22)/t17-/m0/s1. The zero-order valence-electron chi connectivity index (χ0n) is 15.6. The van der Waals surface area contributed by atoms with Gasteiger partial charge in [-0.25, -0.2) is 9.59 Å². The maximum Gasteiger partial charge on any atom is 0.340 e. The summed E-state index contributed by atoms with van der Waals surface area (Å²) in [7, 11) is 4.09. The average molecular weight is 385 g/mol. The molecule has 0 aromatic heterocycles. The topological polar surface area (TPSA) is 100 Å². The third-order valence-corrected chi connectivity index (χ3v) is 4.37. The van der Waals surface area contributed by atoms with Crippen molar-refractivity contribution in [3.8, 4) is 11.5 Å². The van der Waals surface area contributed by atoms with Gasteiger partial charge in [-0.05, 0) is 11.6 Å². The summed E-state index contributed by atoms with van der Waals surface area (Å²) in [5.41, 5.74) is 1.40. The highest BCUT2D eigenvalue weighted by atomic mass is 16.5. The molecule has 0 unspecified atom stereocenters. The molecule has 2 aromatic carbocycles. The lowest BCUT2D eigenvalue weighted by atomic mass is 9.98. The average Bonchev–Trinajstić information content (AvgIpc) is 2.72. The van der Waals surface area contributed by atoms with Crippen molar-refractivity contribution in [2.45, 2.75) is 12.5 Å². The number of fused-ring (bicyclic) bond motifs is 1. The second-order valence-electron chi connectivity index (χ2n) is 5.99. The Morgan fingerprint density at radius 1 is 1.07 bits per heavy atom. The van der Waals surface area contributed by atoms with Crippen LogP contribution in [0, 0.1) is 0 Å². The van der Waals surface area contributed by atoms with Crippen LogP contribution < -0.4 is 14.8 Å². The summed E-state index contributed by atoms with van der Waals surface area (Å²) in [5.74, 6) is -1.18. The number of methoxy groups -OCH3 is 3. The molecule has 1 heterocycles. The van der Waals surface area contributed by atoms with Crippen LogP contribution >= 0.6 is 0 Å². The van der Waals surface area contributed by atoms with Crippen molar-refractivity contribution in [3.63, 3.8) is 0 Å². The molecule has 146 valence electrons. The molecule has 0 bridgehead atoms. The highest BCUT2D eigenvalue weighted by Gasteiger charge is 2.32. The number of hydrogen-bond donors (Lipinski definition) is 1. The first-order chi connectivity index (χ1) is 13.5. The quantitative estimate of drug-likeness (QED) is 0.788. The van der Waals surface area contributed by atoms with Gasteiger partial charge < -0.3 is 24.3 Å². The fourth-order valence-corrected chi connectivity index (χ4v) is 2.95. The highest BCUT2D eigenvalue weighted by Crippen LogP contribution is 2.34. The second kappa shape index (κ2) is 7.99. The van der Waals surface area contributed by atoms with Crippen LogP contribution in [0.15, 0.2) is 36.4 Å². The molecule has 28 heavy (non-hydrogen) atoms. The predicted octanol–water partition coefficient (Wildman–Crippen LogP) is 2.21. The Morgan fingerprint density at radius 3 is 2.43 bits per heavy atom. The van der Waals surface area contributed by atoms with Gasteiger partial charge in [0.05, 0.1) is 38.1 Å². The molecule has 1 amide bonds. The predicted molar refractivity (Wildman–Crippen MR) is 98.9 cm³/mol. The molecule has 2 aromatic rings. The van der Waals surface area contributed by atoms with E-state index in [-0.39, 0.29) is 17.7 Å². The Kier molecular flexibility index (Phi) is 5.49. The first-order valence-corrected chi connectivity index (χ1v) is 8.42. The van der Waals surface area contributed by atoms with E-state index in [1.165, 1.54) is 33.5 Å². The number of nitrogens with one attached hydrogen (secondary N) is 1. The number of hydrogen-bond acceptors (Lipinski definition) is 7. The van der Waals surface area contributed by atoms with Crippen LogP contribution in [0.4, 0.5) is 5.69 Å². The Bertz CT molecular complexity index is 938. The van der Waals surface area contributed by atoms with Gasteiger partial charge in [-0.2, -0.15) is 0 Å². The molecule has 0 fully saturated rings. The van der Waals surface area contributed by atoms with Crippen LogP contribution in [-0.4, -0.2) is 45.3 Å². The summed E-state index contributed by atoms with van der Waals surface area (Å²) in [6.07, 6.45) is -0.796. The third-order valence-electron chi connectivity index (χ3n) is 4.37. The number of cyclic esters (lactones) is 1.